The minimum atomic E-state index is -0.620. The topological polar surface area (TPSA) is 127 Å². The van der Waals surface area contributed by atoms with Crippen LogP contribution in [0, 0.1) is 5.82 Å². The molecule has 3 aromatic heterocycles. The van der Waals surface area contributed by atoms with E-state index in [0.717, 1.165) is 49.3 Å². The van der Waals surface area contributed by atoms with Gasteiger partial charge in [-0.15, -0.1) is 0 Å². The highest BCUT2D eigenvalue weighted by molar-refractivity contribution is 6.02. The van der Waals surface area contributed by atoms with Crippen LogP contribution in [0.1, 0.15) is 37.9 Å². The molecule has 1 atom stereocenters. The number of hydrogen-bond acceptors (Lipinski definition) is 7. The maximum atomic E-state index is 15.1. The molecule has 1 saturated heterocycles. The Morgan fingerprint density at radius 2 is 2.08 bits per heavy atom. The first-order valence-corrected chi connectivity index (χ1v) is 12.0. The zero-order valence-electron chi connectivity index (χ0n) is 20.1. The Balaban J connectivity index is 1.25. The van der Waals surface area contributed by atoms with Crippen molar-refractivity contribution in [3.8, 4) is 11.1 Å². The maximum Gasteiger partial charge on any atom is 0.326 e. The molecule has 2 amide bonds. The summed E-state index contributed by atoms with van der Waals surface area (Å²) in [6, 6.07) is 5.97. The molecule has 6 rings (SSSR count). The average molecular weight is 491 g/mol. The lowest BCUT2D eigenvalue weighted by Gasteiger charge is -2.13. The maximum absolute atomic E-state index is 15.1. The van der Waals surface area contributed by atoms with Crippen LogP contribution in [0.2, 0.25) is 0 Å². The first kappa shape index (κ1) is 22.5. The van der Waals surface area contributed by atoms with Crippen LogP contribution in [0.15, 0.2) is 41.3 Å². The number of amides is 2. The molecule has 0 spiro atoms. The lowest BCUT2D eigenvalue weighted by atomic mass is 10.1. The Kier molecular flexibility index (Phi) is 5.18. The van der Waals surface area contributed by atoms with Gasteiger partial charge in [0.05, 0.1) is 16.8 Å². The third kappa shape index (κ3) is 3.95. The summed E-state index contributed by atoms with van der Waals surface area (Å²) >= 11 is 0. The first-order chi connectivity index (χ1) is 17.3. The van der Waals surface area contributed by atoms with Crippen LogP contribution in [-0.2, 0) is 5.41 Å². The Labute approximate surface area is 206 Å². The van der Waals surface area contributed by atoms with Crippen molar-refractivity contribution in [1.29, 1.82) is 0 Å². The summed E-state index contributed by atoms with van der Waals surface area (Å²) in [5.41, 5.74) is 9.18. The van der Waals surface area contributed by atoms with Crippen molar-refractivity contribution >= 4 is 34.5 Å². The summed E-state index contributed by atoms with van der Waals surface area (Å²) in [6.07, 6.45) is 6.48. The molecule has 4 N–H and O–H groups in total. The second-order valence-corrected chi connectivity index (χ2v) is 10.0. The third-order valence-corrected chi connectivity index (χ3v) is 7.29. The van der Waals surface area contributed by atoms with Gasteiger partial charge in [0.25, 0.3) is 0 Å². The van der Waals surface area contributed by atoms with Gasteiger partial charge >= 0.3 is 6.03 Å². The first-order valence-electron chi connectivity index (χ1n) is 12.0. The molecule has 2 fully saturated rings. The van der Waals surface area contributed by atoms with E-state index in [0.29, 0.717) is 16.8 Å². The number of nitrogens with zero attached hydrogens (tertiary/aromatic N) is 5. The van der Waals surface area contributed by atoms with Gasteiger partial charge in [0, 0.05) is 35.8 Å². The van der Waals surface area contributed by atoms with E-state index in [4.69, 9.17) is 10.3 Å². The average Bonchev–Trinajstić information content (AvgIpc) is 3.21. The highest BCUT2D eigenvalue weighted by Crippen LogP contribution is 2.47. The summed E-state index contributed by atoms with van der Waals surface area (Å²) in [7, 11) is 2.09. The molecule has 0 bridgehead atoms. The highest BCUT2D eigenvalue weighted by atomic mass is 19.1. The van der Waals surface area contributed by atoms with Crippen LogP contribution >= 0.6 is 0 Å². The fraction of sp³-hybridized carbons (Fsp3) is 0.360. The second kappa shape index (κ2) is 8.30. The number of urea groups is 1. The molecule has 4 heterocycles. The number of rotatable bonds is 5. The summed E-state index contributed by atoms with van der Waals surface area (Å²) in [6.45, 7) is 3.98. The standard InChI is InChI=1S/C25H27FN8O2/c1-25(6-7-25)19-10-20(36-32-19)31-24(35)30-18-4-3-14(9-17(18)26)16-12-34(15-5-8-33(2)11-15)23-21(16)22(27)28-13-29-23/h3-4,9-10,12-13,15H,5-8,11H2,1-2H3,(H2,27,28,29)(H2,30,31,35). The predicted octanol–water partition coefficient (Wildman–Crippen LogP) is 4.38. The van der Waals surface area contributed by atoms with Crippen LogP contribution < -0.4 is 16.4 Å². The molecule has 1 aliphatic heterocycles. The van der Waals surface area contributed by atoms with Gasteiger partial charge in [-0.05, 0) is 50.6 Å². The number of benzene rings is 1. The Morgan fingerprint density at radius 3 is 2.81 bits per heavy atom. The zero-order valence-corrected chi connectivity index (χ0v) is 20.1. The van der Waals surface area contributed by atoms with Crippen LogP contribution in [0.4, 0.5) is 26.6 Å². The van der Waals surface area contributed by atoms with Crippen molar-refractivity contribution < 1.29 is 13.7 Å². The van der Waals surface area contributed by atoms with E-state index in [1.807, 2.05) is 6.20 Å². The monoisotopic (exact) mass is 490 g/mol. The van der Waals surface area contributed by atoms with Crippen molar-refractivity contribution in [2.75, 3.05) is 36.5 Å². The minimum absolute atomic E-state index is 0.0209. The number of anilines is 3. The number of likely N-dealkylation sites (tertiary alicyclic amines) is 1. The number of hydrogen-bond donors (Lipinski definition) is 3. The van der Waals surface area contributed by atoms with Crippen molar-refractivity contribution in [2.45, 2.75) is 37.6 Å². The fourth-order valence-corrected chi connectivity index (χ4v) is 4.86. The van der Waals surface area contributed by atoms with Crippen LogP contribution in [0.3, 0.4) is 0 Å². The van der Waals surface area contributed by atoms with E-state index in [1.165, 1.54) is 18.5 Å². The number of fused-ring (bicyclic) bond motifs is 1. The smallest absolute Gasteiger partial charge is 0.326 e. The Morgan fingerprint density at radius 1 is 1.25 bits per heavy atom. The van der Waals surface area contributed by atoms with Crippen molar-refractivity contribution in [2.24, 2.45) is 0 Å². The normalized spacial score (nSPS) is 19.0. The van der Waals surface area contributed by atoms with Gasteiger partial charge in [0.1, 0.15) is 23.6 Å². The van der Waals surface area contributed by atoms with E-state index in [-0.39, 0.29) is 23.0 Å². The number of nitrogens with two attached hydrogens (primary N) is 1. The van der Waals surface area contributed by atoms with Crippen molar-refractivity contribution in [3.05, 3.63) is 48.3 Å². The lowest BCUT2D eigenvalue weighted by molar-refractivity contribution is 0.261. The van der Waals surface area contributed by atoms with Crippen molar-refractivity contribution in [1.82, 2.24) is 24.6 Å². The molecule has 0 radical (unpaired) electrons. The SMILES string of the molecule is CN1CCC(n2cc(-c3ccc(NC(=O)Nc4cc(C5(C)CC5)no4)c(F)c3)c3c(N)ncnc32)C1. The molecule has 10 nitrogen and oxygen atoms in total. The molecule has 1 aliphatic carbocycles. The summed E-state index contributed by atoms with van der Waals surface area (Å²) in [5, 5.41) is 9.81. The van der Waals surface area contributed by atoms with Crippen LogP contribution in [-0.4, -0.2) is 50.8 Å². The number of aromatic nitrogens is 4. The predicted molar refractivity (Wildman–Crippen MR) is 134 cm³/mol. The zero-order chi connectivity index (χ0) is 25.0. The van der Waals surface area contributed by atoms with Crippen LogP contribution in [0.25, 0.3) is 22.2 Å². The molecule has 186 valence electrons. The minimum Gasteiger partial charge on any atom is -0.383 e. The van der Waals surface area contributed by atoms with Gasteiger partial charge in [-0.2, -0.15) is 0 Å². The number of carbonyl (C=O) groups excluding carboxylic acids is 1. The van der Waals surface area contributed by atoms with E-state index in [9.17, 15) is 4.79 Å². The van der Waals surface area contributed by atoms with E-state index >= 15 is 4.39 Å². The molecule has 11 heteroatoms. The number of carbonyl (C=O) groups is 1. The molecule has 4 aromatic rings. The third-order valence-electron chi connectivity index (χ3n) is 7.29. The molecular formula is C25H27FN8O2. The van der Waals surface area contributed by atoms with E-state index < -0.39 is 11.8 Å². The van der Waals surface area contributed by atoms with Crippen molar-refractivity contribution in [3.63, 3.8) is 0 Å². The van der Waals surface area contributed by atoms with Gasteiger partial charge in [-0.25, -0.2) is 19.2 Å². The molecule has 1 aromatic carbocycles. The van der Waals surface area contributed by atoms with Crippen LogP contribution in [0.5, 0.6) is 0 Å². The van der Waals surface area contributed by atoms with Gasteiger partial charge < -0.3 is 25.0 Å². The quantitative estimate of drug-likeness (QED) is 0.379. The Hall–Kier alpha value is -3.99. The lowest BCUT2D eigenvalue weighted by Crippen LogP contribution is -2.19. The van der Waals surface area contributed by atoms with E-state index in [2.05, 4.69) is 49.2 Å². The fourth-order valence-electron chi connectivity index (χ4n) is 4.86. The number of nitrogens with one attached hydrogen (secondary N) is 2. The molecular weight excluding hydrogens is 463 g/mol. The number of nitrogen functional groups attached to an aromatic ring is 1. The molecule has 2 aliphatic rings. The van der Waals surface area contributed by atoms with Gasteiger partial charge in [0.15, 0.2) is 0 Å². The Bertz CT molecular complexity index is 1470. The molecule has 1 unspecified atom stereocenters. The summed E-state index contributed by atoms with van der Waals surface area (Å²) in [4.78, 5) is 23.3. The van der Waals surface area contributed by atoms with Gasteiger partial charge in [-0.1, -0.05) is 18.1 Å². The second-order valence-electron chi connectivity index (χ2n) is 10.0. The summed E-state index contributed by atoms with van der Waals surface area (Å²) in [5.74, 6) is -0.0228. The number of halogens is 1. The van der Waals surface area contributed by atoms with E-state index in [1.54, 1.807) is 12.1 Å². The van der Waals surface area contributed by atoms with Gasteiger partial charge in [0.2, 0.25) is 5.88 Å². The number of likely N-dealkylation sites (N-methyl/N-ethyl adjacent to an activating group) is 1. The summed E-state index contributed by atoms with van der Waals surface area (Å²) < 4.78 is 22.4. The molecule has 36 heavy (non-hydrogen) atoms. The largest absolute Gasteiger partial charge is 0.383 e. The molecule has 1 saturated carbocycles. The highest BCUT2D eigenvalue weighted by Gasteiger charge is 2.42. The van der Waals surface area contributed by atoms with Gasteiger partial charge in [-0.3, -0.25) is 5.32 Å².